The van der Waals surface area contributed by atoms with Crippen LogP contribution < -0.4 is 10.6 Å². The predicted molar refractivity (Wildman–Crippen MR) is 134 cm³/mol. The van der Waals surface area contributed by atoms with E-state index in [0.717, 1.165) is 43.0 Å². The summed E-state index contributed by atoms with van der Waals surface area (Å²) < 4.78 is 5.46. The Labute approximate surface area is 197 Å². The number of benzene rings is 1. The molecule has 3 aromatic rings. The molecule has 2 aromatic heterocycles. The van der Waals surface area contributed by atoms with Gasteiger partial charge >= 0.3 is 0 Å². The molecule has 2 N–H and O–H groups in total. The highest BCUT2D eigenvalue weighted by Gasteiger charge is 2.23. The van der Waals surface area contributed by atoms with Gasteiger partial charge in [-0.05, 0) is 55.6 Å². The second-order valence-electron chi connectivity index (χ2n) is 9.12. The number of nitrogens with one attached hydrogen (secondary N) is 2. The van der Waals surface area contributed by atoms with Crippen molar-refractivity contribution in [3.63, 3.8) is 0 Å². The van der Waals surface area contributed by atoms with Gasteiger partial charge in [0, 0.05) is 24.0 Å². The number of pyridine rings is 1. The van der Waals surface area contributed by atoms with Crippen LogP contribution in [0.25, 0.3) is 11.4 Å². The molecule has 3 heterocycles. The van der Waals surface area contributed by atoms with Crippen LogP contribution in [-0.4, -0.2) is 28.2 Å². The summed E-state index contributed by atoms with van der Waals surface area (Å²) in [6.45, 7) is 4.18. The highest BCUT2D eigenvalue weighted by Crippen LogP contribution is 2.24. The molecule has 1 saturated heterocycles. The molecule has 6 heteroatoms. The average molecular weight is 448 g/mol. The number of unbranched alkanes of at least 4 members (excludes halogenated alkanes) is 7. The predicted octanol–water partition coefficient (Wildman–Crippen LogP) is 6.64. The first-order valence-corrected chi connectivity index (χ1v) is 12.7. The van der Waals surface area contributed by atoms with Crippen molar-refractivity contribution in [2.45, 2.75) is 77.0 Å². The van der Waals surface area contributed by atoms with E-state index in [4.69, 9.17) is 4.52 Å². The Kier molecular flexibility index (Phi) is 8.87. The van der Waals surface area contributed by atoms with Crippen molar-refractivity contribution >= 4 is 11.5 Å². The van der Waals surface area contributed by atoms with Crippen LogP contribution in [0.1, 0.15) is 82.1 Å². The standard InChI is InChI=1S/C27H37N5O/c1-2-3-4-5-6-7-8-9-10-21-11-14-24(15-12-21)30-25-16-13-22(20-29-25)26-31-27(33-32-26)23-17-18-28-19-23/h11-16,20,23,28H,2-10,17-19H2,1H3,(H,29,30)/t23-/m1/s1. The zero-order valence-corrected chi connectivity index (χ0v) is 19.9. The number of aryl methyl sites for hydroxylation is 1. The Morgan fingerprint density at radius 2 is 1.76 bits per heavy atom. The van der Waals surface area contributed by atoms with Crippen molar-refractivity contribution in [2.24, 2.45) is 0 Å². The first kappa shape index (κ1) is 23.4. The molecule has 0 bridgehead atoms. The first-order chi connectivity index (χ1) is 16.3. The third-order valence-electron chi connectivity index (χ3n) is 6.42. The summed E-state index contributed by atoms with van der Waals surface area (Å²) in [6.07, 6.45) is 14.9. The normalized spacial score (nSPS) is 15.7. The molecule has 1 aliphatic rings. The molecular formula is C27H37N5O. The van der Waals surface area contributed by atoms with Crippen molar-refractivity contribution in [3.8, 4) is 11.4 Å². The minimum atomic E-state index is 0.318. The van der Waals surface area contributed by atoms with Crippen LogP contribution in [0.15, 0.2) is 47.1 Å². The molecule has 0 amide bonds. The van der Waals surface area contributed by atoms with Gasteiger partial charge < -0.3 is 15.2 Å². The van der Waals surface area contributed by atoms with E-state index in [-0.39, 0.29) is 0 Å². The number of anilines is 2. The fourth-order valence-electron chi connectivity index (χ4n) is 4.35. The molecule has 1 aliphatic heterocycles. The summed E-state index contributed by atoms with van der Waals surface area (Å²) in [5.41, 5.74) is 3.31. The first-order valence-electron chi connectivity index (χ1n) is 12.7. The lowest BCUT2D eigenvalue weighted by molar-refractivity contribution is 0.359. The number of aromatic nitrogens is 3. The topological polar surface area (TPSA) is 75.9 Å². The lowest BCUT2D eigenvalue weighted by Crippen LogP contribution is -2.08. The smallest absolute Gasteiger partial charge is 0.231 e. The molecule has 176 valence electrons. The molecule has 4 rings (SSSR count). The van der Waals surface area contributed by atoms with Crippen LogP contribution >= 0.6 is 0 Å². The van der Waals surface area contributed by atoms with Crippen LogP contribution in [0, 0.1) is 0 Å². The van der Waals surface area contributed by atoms with Crippen molar-refractivity contribution in [1.29, 1.82) is 0 Å². The lowest BCUT2D eigenvalue weighted by Gasteiger charge is -2.07. The van der Waals surface area contributed by atoms with Crippen LogP contribution in [0.2, 0.25) is 0 Å². The minimum absolute atomic E-state index is 0.318. The molecule has 0 aliphatic carbocycles. The van der Waals surface area contributed by atoms with Crippen molar-refractivity contribution in [1.82, 2.24) is 20.4 Å². The van der Waals surface area contributed by atoms with Gasteiger partial charge in [0.05, 0.1) is 5.92 Å². The molecule has 6 nitrogen and oxygen atoms in total. The third-order valence-corrected chi connectivity index (χ3v) is 6.42. The lowest BCUT2D eigenvalue weighted by atomic mass is 10.0. The van der Waals surface area contributed by atoms with E-state index in [0.29, 0.717) is 17.6 Å². The van der Waals surface area contributed by atoms with E-state index >= 15 is 0 Å². The van der Waals surface area contributed by atoms with E-state index in [1.54, 1.807) is 6.20 Å². The Morgan fingerprint density at radius 3 is 2.45 bits per heavy atom. The monoisotopic (exact) mass is 447 g/mol. The summed E-state index contributed by atoms with van der Waals surface area (Å²) in [5, 5.41) is 10.8. The van der Waals surface area contributed by atoms with E-state index in [1.807, 2.05) is 12.1 Å². The SMILES string of the molecule is CCCCCCCCCCc1ccc(Nc2ccc(-c3noc([C@@H]4CCNC4)n3)cn2)cc1. The molecule has 0 radical (unpaired) electrons. The molecule has 1 aromatic carbocycles. The van der Waals surface area contributed by atoms with E-state index in [1.165, 1.54) is 56.9 Å². The van der Waals surface area contributed by atoms with Crippen LogP contribution in [0.4, 0.5) is 11.5 Å². The number of hydrogen-bond acceptors (Lipinski definition) is 6. The average Bonchev–Trinajstić information content (AvgIpc) is 3.55. The van der Waals surface area contributed by atoms with Gasteiger partial charge in [-0.15, -0.1) is 0 Å². The molecule has 0 saturated carbocycles. The second kappa shape index (κ2) is 12.5. The molecule has 1 atom stereocenters. The van der Waals surface area contributed by atoms with Crippen molar-refractivity contribution < 1.29 is 4.52 Å². The van der Waals surface area contributed by atoms with Crippen molar-refractivity contribution in [2.75, 3.05) is 18.4 Å². The third kappa shape index (κ3) is 7.13. The quantitative estimate of drug-likeness (QED) is 0.286. The summed E-state index contributed by atoms with van der Waals surface area (Å²) >= 11 is 0. The summed E-state index contributed by atoms with van der Waals surface area (Å²) in [5.74, 6) is 2.43. The van der Waals surface area contributed by atoms with Gasteiger partial charge in [-0.2, -0.15) is 4.98 Å². The maximum Gasteiger partial charge on any atom is 0.231 e. The van der Waals surface area contributed by atoms with E-state index in [9.17, 15) is 0 Å². The highest BCUT2D eigenvalue weighted by atomic mass is 16.5. The molecule has 0 spiro atoms. The number of rotatable bonds is 13. The van der Waals surface area contributed by atoms with Gasteiger partial charge in [0.25, 0.3) is 0 Å². The van der Waals surface area contributed by atoms with Gasteiger partial charge in [0.1, 0.15) is 5.82 Å². The number of hydrogen-bond donors (Lipinski definition) is 2. The van der Waals surface area contributed by atoms with E-state index in [2.05, 4.69) is 56.9 Å². The van der Waals surface area contributed by atoms with Crippen LogP contribution in [-0.2, 0) is 6.42 Å². The van der Waals surface area contributed by atoms with Crippen molar-refractivity contribution in [3.05, 3.63) is 54.0 Å². The van der Waals surface area contributed by atoms with Gasteiger partial charge in [-0.1, -0.05) is 69.2 Å². The van der Waals surface area contributed by atoms with E-state index < -0.39 is 0 Å². The Hall–Kier alpha value is -2.73. The maximum absolute atomic E-state index is 5.46. The Bertz CT molecular complexity index is 945. The summed E-state index contributed by atoms with van der Waals surface area (Å²) in [7, 11) is 0. The van der Waals surface area contributed by atoms with Crippen LogP contribution in [0.3, 0.4) is 0 Å². The summed E-state index contributed by atoms with van der Waals surface area (Å²) in [6, 6.07) is 12.6. The molecule has 33 heavy (non-hydrogen) atoms. The zero-order chi connectivity index (χ0) is 22.7. The van der Waals surface area contributed by atoms with Gasteiger partial charge in [-0.25, -0.2) is 4.98 Å². The van der Waals surface area contributed by atoms with Crippen LogP contribution in [0.5, 0.6) is 0 Å². The van der Waals surface area contributed by atoms with Gasteiger partial charge in [0.2, 0.25) is 11.7 Å². The molecular weight excluding hydrogens is 410 g/mol. The Morgan fingerprint density at radius 1 is 0.970 bits per heavy atom. The molecule has 0 unspecified atom stereocenters. The largest absolute Gasteiger partial charge is 0.340 e. The van der Waals surface area contributed by atoms with Gasteiger partial charge in [0.15, 0.2) is 0 Å². The minimum Gasteiger partial charge on any atom is -0.340 e. The second-order valence-corrected chi connectivity index (χ2v) is 9.12. The summed E-state index contributed by atoms with van der Waals surface area (Å²) in [4.78, 5) is 9.09. The van der Waals surface area contributed by atoms with Gasteiger partial charge in [-0.3, -0.25) is 0 Å². The number of nitrogens with zero attached hydrogens (tertiary/aromatic N) is 3. The highest BCUT2D eigenvalue weighted by molar-refractivity contribution is 5.60. The fourth-order valence-corrected chi connectivity index (χ4v) is 4.35. The molecule has 1 fully saturated rings. The maximum atomic E-state index is 5.46. The zero-order valence-electron chi connectivity index (χ0n) is 19.9. The fraction of sp³-hybridized carbons (Fsp3) is 0.519. The Balaban J connectivity index is 1.21.